The van der Waals surface area contributed by atoms with Crippen molar-refractivity contribution in [3.8, 4) is 22.9 Å². The number of rotatable bonds is 5. The molecule has 0 spiro atoms. The second-order valence-corrected chi connectivity index (χ2v) is 6.79. The molecule has 0 bridgehead atoms. The molecule has 0 saturated carbocycles. The third kappa shape index (κ3) is 3.41. The van der Waals surface area contributed by atoms with E-state index in [-0.39, 0.29) is 5.56 Å². The van der Waals surface area contributed by atoms with Gasteiger partial charge in [0.15, 0.2) is 5.82 Å². The summed E-state index contributed by atoms with van der Waals surface area (Å²) in [6.45, 7) is 2.55. The van der Waals surface area contributed by atoms with Crippen LogP contribution in [0.25, 0.3) is 22.4 Å². The van der Waals surface area contributed by atoms with Gasteiger partial charge in [-0.25, -0.2) is 0 Å². The second-order valence-electron chi connectivity index (χ2n) is 5.78. The average Bonchev–Trinajstić information content (AvgIpc) is 3.23. The van der Waals surface area contributed by atoms with Crippen molar-refractivity contribution in [3.05, 3.63) is 69.0 Å². The molecule has 0 N–H and O–H groups in total. The van der Waals surface area contributed by atoms with Crippen molar-refractivity contribution in [2.75, 3.05) is 13.7 Å². The summed E-state index contributed by atoms with van der Waals surface area (Å²) in [5, 5.41) is 4.37. The van der Waals surface area contributed by atoms with E-state index < -0.39 is 0 Å². The van der Waals surface area contributed by atoms with Gasteiger partial charge in [0.05, 0.1) is 18.2 Å². The van der Waals surface area contributed by atoms with E-state index in [0.717, 1.165) is 22.6 Å². The van der Waals surface area contributed by atoms with E-state index in [1.807, 2.05) is 61.5 Å². The second kappa shape index (κ2) is 7.20. The largest absolute Gasteiger partial charge is 0.497 e. The standard InChI is InChI=1S/C20H17N3O3S/c1-3-26-15-9-7-14(8-10-15)18-21-20-23(22-18)19(24)17(27-20)12-13-5-4-6-16(11-13)25-2/h4-12H,3H2,1-2H3/b17-12+. The number of ether oxygens (including phenoxy) is 2. The Hall–Kier alpha value is -3.19. The van der Waals surface area contributed by atoms with Crippen LogP contribution in [0.2, 0.25) is 0 Å². The van der Waals surface area contributed by atoms with Crippen LogP contribution >= 0.6 is 11.3 Å². The minimum absolute atomic E-state index is 0.178. The highest BCUT2D eigenvalue weighted by molar-refractivity contribution is 7.15. The monoisotopic (exact) mass is 379 g/mol. The van der Waals surface area contributed by atoms with E-state index in [0.29, 0.717) is 21.9 Å². The number of thiazole rings is 1. The molecule has 0 amide bonds. The Morgan fingerprint density at radius 3 is 2.67 bits per heavy atom. The molecule has 6 nitrogen and oxygen atoms in total. The predicted octanol–water partition coefficient (Wildman–Crippen LogP) is 2.77. The van der Waals surface area contributed by atoms with Crippen molar-refractivity contribution in [1.29, 1.82) is 0 Å². The molecular weight excluding hydrogens is 362 g/mol. The molecule has 4 rings (SSSR count). The fraction of sp³-hybridized carbons (Fsp3) is 0.150. The minimum atomic E-state index is -0.178. The number of hydrogen-bond acceptors (Lipinski definition) is 6. The Labute approximate surface area is 159 Å². The topological polar surface area (TPSA) is 65.7 Å². The Morgan fingerprint density at radius 2 is 1.96 bits per heavy atom. The summed E-state index contributed by atoms with van der Waals surface area (Å²) in [5.74, 6) is 2.06. The molecule has 4 aromatic rings. The van der Waals surface area contributed by atoms with Crippen LogP contribution in [0, 0.1) is 0 Å². The number of benzene rings is 2. The fourth-order valence-electron chi connectivity index (χ4n) is 2.71. The van der Waals surface area contributed by atoms with E-state index in [2.05, 4.69) is 10.1 Å². The van der Waals surface area contributed by atoms with E-state index in [1.165, 1.54) is 15.9 Å². The smallest absolute Gasteiger partial charge is 0.291 e. The maximum atomic E-state index is 12.7. The molecule has 0 fully saturated rings. The van der Waals surface area contributed by atoms with E-state index in [9.17, 15) is 4.79 Å². The first kappa shape index (κ1) is 17.2. The molecule has 0 atom stereocenters. The van der Waals surface area contributed by atoms with Gasteiger partial charge in [0.1, 0.15) is 11.5 Å². The van der Waals surface area contributed by atoms with Gasteiger partial charge in [-0.05, 0) is 55.0 Å². The van der Waals surface area contributed by atoms with Gasteiger partial charge in [0.25, 0.3) is 5.56 Å². The molecule has 27 heavy (non-hydrogen) atoms. The lowest BCUT2D eigenvalue weighted by Gasteiger charge is -2.02. The maximum Gasteiger partial charge on any atom is 0.291 e. The number of aromatic nitrogens is 3. The Morgan fingerprint density at radius 1 is 1.15 bits per heavy atom. The summed E-state index contributed by atoms with van der Waals surface area (Å²) in [7, 11) is 1.61. The molecular formula is C20H17N3O3S. The van der Waals surface area contributed by atoms with Crippen LogP contribution in [0.3, 0.4) is 0 Å². The van der Waals surface area contributed by atoms with Gasteiger partial charge in [-0.1, -0.05) is 23.5 Å². The van der Waals surface area contributed by atoms with Crippen molar-refractivity contribution < 1.29 is 9.47 Å². The summed E-state index contributed by atoms with van der Waals surface area (Å²) >= 11 is 1.31. The first-order valence-electron chi connectivity index (χ1n) is 8.46. The highest BCUT2D eigenvalue weighted by Crippen LogP contribution is 2.20. The van der Waals surface area contributed by atoms with Crippen LogP contribution in [-0.2, 0) is 0 Å². The Balaban J connectivity index is 1.71. The van der Waals surface area contributed by atoms with Crippen molar-refractivity contribution in [2.24, 2.45) is 0 Å². The normalized spacial score (nSPS) is 11.9. The third-order valence-electron chi connectivity index (χ3n) is 4.00. The van der Waals surface area contributed by atoms with Gasteiger partial charge in [-0.15, -0.1) is 5.10 Å². The van der Waals surface area contributed by atoms with Crippen molar-refractivity contribution in [2.45, 2.75) is 6.92 Å². The van der Waals surface area contributed by atoms with Crippen LogP contribution in [0.1, 0.15) is 12.5 Å². The SMILES string of the molecule is CCOc1ccc(-c2nc3s/c(=C/c4cccc(OC)c4)c(=O)n3n2)cc1. The molecule has 0 aliphatic heterocycles. The lowest BCUT2D eigenvalue weighted by molar-refractivity contribution is 0.340. The molecule has 0 saturated heterocycles. The zero-order valence-electron chi connectivity index (χ0n) is 14.9. The van der Waals surface area contributed by atoms with Gasteiger partial charge in [0.2, 0.25) is 4.96 Å². The van der Waals surface area contributed by atoms with E-state index >= 15 is 0 Å². The maximum absolute atomic E-state index is 12.7. The molecule has 2 aromatic carbocycles. The highest BCUT2D eigenvalue weighted by Gasteiger charge is 2.12. The summed E-state index contributed by atoms with van der Waals surface area (Å²) < 4.78 is 12.6. The molecule has 2 heterocycles. The fourth-order valence-corrected chi connectivity index (χ4v) is 3.61. The zero-order chi connectivity index (χ0) is 18.8. The lowest BCUT2D eigenvalue weighted by atomic mass is 10.2. The summed E-state index contributed by atoms with van der Waals surface area (Å²) in [5.41, 5.74) is 1.55. The van der Waals surface area contributed by atoms with Gasteiger partial charge in [-0.2, -0.15) is 9.50 Å². The molecule has 7 heteroatoms. The van der Waals surface area contributed by atoms with E-state index in [1.54, 1.807) is 7.11 Å². The van der Waals surface area contributed by atoms with Crippen LogP contribution < -0.4 is 19.6 Å². The van der Waals surface area contributed by atoms with Crippen LogP contribution in [-0.4, -0.2) is 28.3 Å². The number of nitrogens with zero attached hydrogens (tertiary/aromatic N) is 3. The van der Waals surface area contributed by atoms with Gasteiger partial charge in [0, 0.05) is 5.56 Å². The molecule has 2 aromatic heterocycles. The first-order valence-corrected chi connectivity index (χ1v) is 9.28. The third-order valence-corrected chi connectivity index (χ3v) is 4.96. The molecule has 0 aliphatic rings. The Bertz CT molecular complexity index is 1200. The number of fused-ring (bicyclic) bond motifs is 1. The van der Waals surface area contributed by atoms with Gasteiger partial charge < -0.3 is 9.47 Å². The molecule has 136 valence electrons. The van der Waals surface area contributed by atoms with Crippen molar-refractivity contribution >= 4 is 22.4 Å². The van der Waals surface area contributed by atoms with Gasteiger partial charge in [-0.3, -0.25) is 4.79 Å². The number of hydrogen-bond donors (Lipinski definition) is 0. The van der Waals surface area contributed by atoms with E-state index in [4.69, 9.17) is 9.47 Å². The minimum Gasteiger partial charge on any atom is -0.497 e. The van der Waals surface area contributed by atoms with Crippen LogP contribution in [0.15, 0.2) is 53.3 Å². The summed E-state index contributed by atoms with van der Waals surface area (Å²) in [4.78, 5) is 17.7. The Kier molecular flexibility index (Phi) is 4.60. The first-order chi connectivity index (χ1) is 13.2. The zero-order valence-corrected chi connectivity index (χ0v) is 15.7. The van der Waals surface area contributed by atoms with Crippen LogP contribution in [0.4, 0.5) is 0 Å². The molecule has 0 radical (unpaired) electrons. The number of methoxy groups -OCH3 is 1. The predicted molar refractivity (Wildman–Crippen MR) is 106 cm³/mol. The highest BCUT2D eigenvalue weighted by atomic mass is 32.1. The van der Waals surface area contributed by atoms with Gasteiger partial charge >= 0.3 is 0 Å². The summed E-state index contributed by atoms with van der Waals surface area (Å²) in [6.07, 6.45) is 1.82. The average molecular weight is 379 g/mol. The molecule has 0 aliphatic carbocycles. The quantitative estimate of drug-likeness (QED) is 0.533. The molecule has 0 unspecified atom stereocenters. The lowest BCUT2D eigenvalue weighted by Crippen LogP contribution is -2.23. The van der Waals surface area contributed by atoms with Crippen molar-refractivity contribution in [3.63, 3.8) is 0 Å². The van der Waals surface area contributed by atoms with Crippen LogP contribution in [0.5, 0.6) is 11.5 Å². The van der Waals surface area contributed by atoms with Crippen molar-refractivity contribution in [1.82, 2.24) is 14.6 Å². The summed E-state index contributed by atoms with van der Waals surface area (Å²) in [6, 6.07) is 15.1.